The van der Waals surface area contributed by atoms with Gasteiger partial charge in [0.25, 0.3) is 0 Å². The predicted octanol–water partition coefficient (Wildman–Crippen LogP) is 1.56. The van der Waals surface area contributed by atoms with Crippen LogP contribution in [0.25, 0.3) is 0 Å². The van der Waals surface area contributed by atoms with E-state index in [0.29, 0.717) is 6.42 Å². The first-order chi connectivity index (χ1) is 5.59. The van der Waals surface area contributed by atoms with Crippen LogP contribution in [0, 0.1) is 0 Å². The van der Waals surface area contributed by atoms with Crippen LogP contribution in [0.2, 0.25) is 0 Å². The first kappa shape index (κ1) is 9.45. The first-order valence-corrected chi connectivity index (χ1v) is 4.46. The third-order valence-corrected chi connectivity index (χ3v) is 2.20. The molecule has 1 unspecified atom stereocenters. The lowest BCUT2D eigenvalue weighted by Gasteiger charge is -2.17. The van der Waals surface area contributed by atoms with Gasteiger partial charge in [-0.05, 0) is 23.4 Å². The van der Waals surface area contributed by atoms with Crippen LogP contribution in [0.4, 0.5) is 0 Å². The Balaban J connectivity index is 2.59. The SMILES string of the molecule is CC(=O)OC1CCC(Br)=CC1=O. The molecule has 0 aliphatic heterocycles. The van der Waals surface area contributed by atoms with E-state index in [2.05, 4.69) is 15.9 Å². The summed E-state index contributed by atoms with van der Waals surface area (Å²) in [5, 5.41) is 0. The summed E-state index contributed by atoms with van der Waals surface area (Å²) >= 11 is 3.22. The molecule has 0 saturated carbocycles. The lowest BCUT2D eigenvalue weighted by molar-refractivity contribution is -0.152. The molecule has 3 nitrogen and oxygen atoms in total. The van der Waals surface area contributed by atoms with Crippen molar-refractivity contribution in [2.45, 2.75) is 25.9 Å². The van der Waals surface area contributed by atoms with Crippen LogP contribution in [-0.2, 0) is 14.3 Å². The zero-order valence-corrected chi connectivity index (χ0v) is 8.26. The number of hydrogen-bond acceptors (Lipinski definition) is 3. The van der Waals surface area contributed by atoms with Crippen LogP contribution in [0.15, 0.2) is 10.6 Å². The summed E-state index contributed by atoms with van der Waals surface area (Å²) in [6.45, 7) is 1.31. The highest BCUT2D eigenvalue weighted by Crippen LogP contribution is 2.22. The summed E-state index contributed by atoms with van der Waals surface area (Å²) in [6.07, 6.45) is 2.24. The zero-order chi connectivity index (χ0) is 9.14. The molecular formula is C8H9BrO3. The minimum absolute atomic E-state index is 0.136. The lowest BCUT2D eigenvalue weighted by atomic mass is 10.0. The summed E-state index contributed by atoms with van der Waals surface area (Å²) in [4.78, 5) is 21.7. The maximum Gasteiger partial charge on any atom is 0.303 e. The van der Waals surface area contributed by atoms with Crippen LogP contribution >= 0.6 is 15.9 Å². The summed E-state index contributed by atoms with van der Waals surface area (Å²) in [5.74, 6) is -0.539. The Hall–Kier alpha value is -0.640. The first-order valence-electron chi connectivity index (χ1n) is 3.66. The normalized spacial score (nSPS) is 23.3. The molecule has 1 rings (SSSR count). The van der Waals surface area contributed by atoms with E-state index in [-0.39, 0.29) is 5.78 Å². The number of allylic oxidation sites excluding steroid dienone is 1. The number of rotatable bonds is 1. The Bertz CT molecular complexity index is 245. The maximum atomic E-state index is 11.2. The van der Waals surface area contributed by atoms with Gasteiger partial charge in [-0.1, -0.05) is 15.9 Å². The molecule has 0 bridgehead atoms. The number of hydrogen-bond donors (Lipinski definition) is 0. The fourth-order valence-electron chi connectivity index (χ4n) is 1.05. The molecule has 0 aromatic rings. The van der Waals surface area contributed by atoms with Gasteiger partial charge in [-0.25, -0.2) is 0 Å². The minimum atomic E-state index is -0.566. The molecule has 0 saturated heterocycles. The second kappa shape index (κ2) is 3.85. The van der Waals surface area contributed by atoms with E-state index in [1.165, 1.54) is 13.0 Å². The van der Waals surface area contributed by atoms with Gasteiger partial charge in [0.15, 0.2) is 11.9 Å². The van der Waals surface area contributed by atoms with E-state index in [4.69, 9.17) is 4.74 Å². The van der Waals surface area contributed by atoms with E-state index in [0.717, 1.165) is 10.9 Å². The molecular weight excluding hydrogens is 224 g/mol. The fourth-order valence-corrected chi connectivity index (χ4v) is 1.50. The predicted molar refractivity (Wildman–Crippen MR) is 46.8 cm³/mol. The van der Waals surface area contributed by atoms with Gasteiger partial charge in [-0.3, -0.25) is 9.59 Å². The molecule has 66 valence electrons. The van der Waals surface area contributed by atoms with Crippen LogP contribution in [0.1, 0.15) is 19.8 Å². The van der Waals surface area contributed by atoms with Gasteiger partial charge in [0, 0.05) is 6.92 Å². The fraction of sp³-hybridized carbons (Fsp3) is 0.500. The third kappa shape index (κ3) is 2.44. The Morgan fingerprint density at radius 2 is 2.42 bits per heavy atom. The average molecular weight is 233 g/mol. The molecule has 1 atom stereocenters. The Morgan fingerprint density at radius 1 is 1.75 bits per heavy atom. The molecule has 1 aliphatic rings. The minimum Gasteiger partial charge on any atom is -0.454 e. The van der Waals surface area contributed by atoms with Gasteiger partial charge in [-0.2, -0.15) is 0 Å². The molecule has 12 heavy (non-hydrogen) atoms. The van der Waals surface area contributed by atoms with Crippen molar-refractivity contribution < 1.29 is 14.3 Å². The highest BCUT2D eigenvalue weighted by molar-refractivity contribution is 9.11. The van der Waals surface area contributed by atoms with Crippen molar-refractivity contribution in [2.24, 2.45) is 0 Å². The Morgan fingerprint density at radius 3 is 2.92 bits per heavy atom. The van der Waals surface area contributed by atoms with Crippen molar-refractivity contribution >= 4 is 27.7 Å². The maximum absolute atomic E-state index is 11.2. The van der Waals surface area contributed by atoms with E-state index in [9.17, 15) is 9.59 Å². The van der Waals surface area contributed by atoms with Crippen molar-refractivity contribution in [3.05, 3.63) is 10.6 Å². The Kier molecular flexibility index (Phi) is 3.03. The largest absolute Gasteiger partial charge is 0.454 e. The number of ketones is 1. The van der Waals surface area contributed by atoms with Crippen molar-refractivity contribution in [2.75, 3.05) is 0 Å². The van der Waals surface area contributed by atoms with Gasteiger partial charge in [0.1, 0.15) is 0 Å². The highest BCUT2D eigenvalue weighted by Gasteiger charge is 2.23. The van der Waals surface area contributed by atoms with Gasteiger partial charge in [0.05, 0.1) is 0 Å². The zero-order valence-electron chi connectivity index (χ0n) is 6.67. The average Bonchev–Trinajstić information content (AvgIpc) is 1.94. The second-order valence-corrected chi connectivity index (χ2v) is 3.65. The summed E-state index contributed by atoms with van der Waals surface area (Å²) in [5.41, 5.74) is 0. The van der Waals surface area contributed by atoms with Crippen LogP contribution in [-0.4, -0.2) is 17.9 Å². The monoisotopic (exact) mass is 232 g/mol. The molecule has 0 radical (unpaired) electrons. The van der Waals surface area contributed by atoms with Crippen molar-refractivity contribution in [3.63, 3.8) is 0 Å². The standard InChI is InChI=1S/C8H9BrO3/c1-5(10)12-8-3-2-6(9)4-7(8)11/h4,8H,2-3H2,1H3. The number of esters is 1. The summed E-state index contributed by atoms with van der Waals surface area (Å²) in [7, 11) is 0. The van der Waals surface area contributed by atoms with Gasteiger partial charge >= 0.3 is 5.97 Å². The van der Waals surface area contributed by atoms with E-state index < -0.39 is 12.1 Å². The topological polar surface area (TPSA) is 43.4 Å². The number of carbonyl (C=O) groups is 2. The second-order valence-electron chi connectivity index (χ2n) is 2.63. The lowest BCUT2D eigenvalue weighted by Crippen LogP contribution is -2.27. The van der Waals surface area contributed by atoms with Crippen molar-refractivity contribution in [1.29, 1.82) is 0 Å². The van der Waals surface area contributed by atoms with E-state index in [1.807, 2.05) is 0 Å². The molecule has 4 heteroatoms. The summed E-state index contributed by atoms with van der Waals surface area (Å²) in [6, 6.07) is 0. The van der Waals surface area contributed by atoms with Crippen molar-refractivity contribution in [1.82, 2.24) is 0 Å². The molecule has 0 N–H and O–H groups in total. The molecule has 0 aromatic carbocycles. The van der Waals surface area contributed by atoms with Gasteiger partial charge in [0.2, 0.25) is 0 Å². The molecule has 0 fully saturated rings. The van der Waals surface area contributed by atoms with Crippen molar-refractivity contribution in [3.8, 4) is 0 Å². The molecule has 1 aliphatic carbocycles. The third-order valence-electron chi connectivity index (χ3n) is 1.57. The Labute approximate surface area is 78.9 Å². The molecule has 0 aromatic heterocycles. The van der Waals surface area contributed by atoms with Crippen LogP contribution in [0.3, 0.4) is 0 Å². The van der Waals surface area contributed by atoms with E-state index in [1.54, 1.807) is 0 Å². The highest BCUT2D eigenvalue weighted by atomic mass is 79.9. The van der Waals surface area contributed by atoms with Crippen LogP contribution in [0.5, 0.6) is 0 Å². The number of halogens is 1. The van der Waals surface area contributed by atoms with E-state index >= 15 is 0 Å². The van der Waals surface area contributed by atoms with Gasteiger partial charge < -0.3 is 4.74 Å². The smallest absolute Gasteiger partial charge is 0.303 e. The number of carbonyl (C=O) groups excluding carboxylic acids is 2. The van der Waals surface area contributed by atoms with Crippen LogP contribution < -0.4 is 0 Å². The van der Waals surface area contributed by atoms with Gasteiger partial charge in [-0.15, -0.1) is 0 Å². The summed E-state index contributed by atoms with van der Waals surface area (Å²) < 4.78 is 5.67. The number of ether oxygens (including phenoxy) is 1. The molecule has 0 amide bonds. The molecule has 0 spiro atoms. The molecule has 0 heterocycles. The quantitative estimate of drug-likeness (QED) is 0.645.